The Labute approximate surface area is 155 Å². The standard InChI is InChI=1S/C21H25N5/c1-5-26(19-8-6-7-16(4)13-19)21-24-20(14-22-25-21)23-18-11-9-17(10-12-18)15(2)3/h6-15H,5H2,1-4H3,(H,23,24,25). The zero-order valence-electron chi connectivity index (χ0n) is 15.8. The van der Waals surface area contributed by atoms with Crippen molar-refractivity contribution < 1.29 is 0 Å². The van der Waals surface area contributed by atoms with Crippen LogP contribution in [0.15, 0.2) is 54.7 Å². The van der Waals surface area contributed by atoms with E-state index in [9.17, 15) is 0 Å². The Bertz CT molecular complexity index is 858. The van der Waals surface area contributed by atoms with Crippen molar-refractivity contribution in [1.29, 1.82) is 0 Å². The summed E-state index contributed by atoms with van der Waals surface area (Å²) in [4.78, 5) is 6.69. The fourth-order valence-electron chi connectivity index (χ4n) is 2.80. The average molecular weight is 347 g/mol. The summed E-state index contributed by atoms with van der Waals surface area (Å²) < 4.78 is 0. The minimum Gasteiger partial charge on any atom is -0.339 e. The van der Waals surface area contributed by atoms with E-state index in [0.717, 1.165) is 17.9 Å². The molecule has 0 unspecified atom stereocenters. The molecule has 3 rings (SSSR count). The van der Waals surface area contributed by atoms with E-state index in [0.29, 0.717) is 17.7 Å². The number of hydrogen-bond acceptors (Lipinski definition) is 5. The highest BCUT2D eigenvalue weighted by atomic mass is 15.3. The second-order valence-electron chi connectivity index (χ2n) is 6.63. The highest BCUT2D eigenvalue weighted by Gasteiger charge is 2.12. The molecule has 0 amide bonds. The van der Waals surface area contributed by atoms with E-state index in [1.807, 2.05) is 11.0 Å². The molecule has 0 fully saturated rings. The van der Waals surface area contributed by atoms with Crippen molar-refractivity contribution in [2.24, 2.45) is 0 Å². The Hall–Kier alpha value is -2.95. The van der Waals surface area contributed by atoms with Gasteiger partial charge in [0.1, 0.15) is 0 Å². The van der Waals surface area contributed by atoms with Gasteiger partial charge in [-0.15, -0.1) is 5.10 Å². The van der Waals surface area contributed by atoms with Crippen LogP contribution < -0.4 is 10.2 Å². The normalized spacial score (nSPS) is 10.8. The first-order chi connectivity index (χ1) is 12.6. The summed E-state index contributed by atoms with van der Waals surface area (Å²) in [6.07, 6.45) is 1.64. The first-order valence-corrected chi connectivity index (χ1v) is 8.97. The number of rotatable bonds is 6. The fourth-order valence-corrected chi connectivity index (χ4v) is 2.80. The molecule has 134 valence electrons. The largest absolute Gasteiger partial charge is 0.339 e. The van der Waals surface area contributed by atoms with Gasteiger partial charge < -0.3 is 10.2 Å². The lowest BCUT2D eigenvalue weighted by atomic mass is 10.0. The van der Waals surface area contributed by atoms with Crippen molar-refractivity contribution in [2.45, 2.75) is 33.6 Å². The molecule has 2 aromatic carbocycles. The molecule has 1 aromatic heterocycles. The number of hydrogen-bond donors (Lipinski definition) is 1. The van der Waals surface area contributed by atoms with Crippen LogP contribution in [-0.4, -0.2) is 21.7 Å². The van der Waals surface area contributed by atoms with E-state index in [1.165, 1.54) is 11.1 Å². The summed E-state index contributed by atoms with van der Waals surface area (Å²) in [7, 11) is 0. The van der Waals surface area contributed by atoms with Crippen LogP contribution in [0.5, 0.6) is 0 Å². The number of nitrogens with zero attached hydrogens (tertiary/aromatic N) is 4. The van der Waals surface area contributed by atoms with Gasteiger partial charge in [-0.3, -0.25) is 0 Å². The molecular formula is C21H25N5. The van der Waals surface area contributed by atoms with Gasteiger partial charge in [-0.25, -0.2) is 0 Å². The molecule has 5 heteroatoms. The minimum absolute atomic E-state index is 0.517. The molecule has 26 heavy (non-hydrogen) atoms. The van der Waals surface area contributed by atoms with Crippen LogP contribution in [0.25, 0.3) is 0 Å². The van der Waals surface area contributed by atoms with Crippen LogP contribution in [0.1, 0.15) is 37.8 Å². The molecule has 0 spiro atoms. The second kappa shape index (κ2) is 7.95. The van der Waals surface area contributed by atoms with Crippen molar-refractivity contribution in [2.75, 3.05) is 16.8 Å². The zero-order chi connectivity index (χ0) is 18.5. The van der Waals surface area contributed by atoms with Crippen molar-refractivity contribution in [3.05, 3.63) is 65.9 Å². The molecule has 5 nitrogen and oxygen atoms in total. The fraction of sp³-hybridized carbons (Fsp3) is 0.286. The van der Waals surface area contributed by atoms with Gasteiger partial charge in [-0.2, -0.15) is 10.1 Å². The van der Waals surface area contributed by atoms with Gasteiger partial charge in [-0.05, 0) is 55.2 Å². The van der Waals surface area contributed by atoms with E-state index in [2.05, 4.69) is 90.7 Å². The van der Waals surface area contributed by atoms with Crippen LogP contribution in [0, 0.1) is 6.92 Å². The molecule has 0 saturated heterocycles. The summed E-state index contributed by atoms with van der Waals surface area (Å²) in [5, 5.41) is 11.7. The topological polar surface area (TPSA) is 53.9 Å². The first kappa shape index (κ1) is 17.9. The van der Waals surface area contributed by atoms with Crippen LogP contribution in [0.4, 0.5) is 23.1 Å². The molecule has 0 bridgehead atoms. The van der Waals surface area contributed by atoms with E-state index < -0.39 is 0 Å². The molecule has 0 aliphatic heterocycles. The Balaban J connectivity index is 1.83. The number of benzene rings is 2. The zero-order valence-corrected chi connectivity index (χ0v) is 15.8. The molecule has 0 atom stereocenters. The van der Waals surface area contributed by atoms with Crippen LogP contribution in [-0.2, 0) is 0 Å². The van der Waals surface area contributed by atoms with Crippen molar-refractivity contribution in [3.8, 4) is 0 Å². The summed E-state index contributed by atoms with van der Waals surface area (Å²) >= 11 is 0. The number of aromatic nitrogens is 3. The predicted octanol–water partition coefficient (Wildman–Crippen LogP) is 5.21. The SMILES string of the molecule is CCN(c1cccc(C)c1)c1nncc(Nc2ccc(C(C)C)cc2)n1. The maximum Gasteiger partial charge on any atom is 0.251 e. The lowest BCUT2D eigenvalue weighted by molar-refractivity contribution is 0.867. The van der Waals surface area contributed by atoms with Gasteiger partial charge in [0.25, 0.3) is 5.95 Å². The number of aryl methyl sites for hydroxylation is 1. The maximum atomic E-state index is 4.64. The van der Waals surface area contributed by atoms with Crippen LogP contribution in [0.3, 0.4) is 0 Å². The van der Waals surface area contributed by atoms with Gasteiger partial charge in [0.2, 0.25) is 0 Å². The molecule has 0 radical (unpaired) electrons. The highest BCUT2D eigenvalue weighted by Crippen LogP contribution is 2.24. The smallest absolute Gasteiger partial charge is 0.251 e. The highest BCUT2D eigenvalue weighted by molar-refractivity contribution is 5.61. The van der Waals surface area contributed by atoms with Crippen molar-refractivity contribution in [1.82, 2.24) is 15.2 Å². The van der Waals surface area contributed by atoms with E-state index in [1.54, 1.807) is 6.20 Å². The summed E-state index contributed by atoms with van der Waals surface area (Å²) in [5.74, 6) is 1.78. The lowest BCUT2D eigenvalue weighted by Crippen LogP contribution is -2.19. The van der Waals surface area contributed by atoms with E-state index in [4.69, 9.17) is 0 Å². The Morgan fingerprint density at radius 2 is 1.85 bits per heavy atom. The second-order valence-corrected chi connectivity index (χ2v) is 6.63. The monoisotopic (exact) mass is 347 g/mol. The Kier molecular flexibility index (Phi) is 5.46. The van der Waals surface area contributed by atoms with E-state index >= 15 is 0 Å². The summed E-state index contributed by atoms with van der Waals surface area (Å²) in [5.41, 5.74) is 4.56. The predicted molar refractivity (Wildman–Crippen MR) is 107 cm³/mol. The average Bonchev–Trinajstić information content (AvgIpc) is 2.63. The summed E-state index contributed by atoms with van der Waals surface area (Å²) in [6.45, 7) is 9.30. The molecule has 0 aliphatic carbocycles. The van der Waals surface area contributed by atoms with Crippen LogP contribution in [0.2, 0.25) is 0 Å². The van der Waals surface area contributed by atoms with Gasteiger partial charge in [0.05, 0.1) is 6.20 Å². The molecule has 0 aliphatic rings. The van der Waals surface area contributed by atoms with Crippen molar-refractivity contribution in [3.63, 3.8) is 0 Å². The minimum atomic E-state index is 0.517. The molecule has 3 aromatic rings. The van der Waals surface area contributed by atoms with Gasteiger partial charge in [0.15, 0.2) is 5.82 Å². The maximum absolute atomic E-state index is 4.64. The Morgan fingerprint density at radius 1 is 1.08 bits per heavy atom. The molecular weight excluding hydrogens is 322 g/mol. The molecule has 0 saturated carbocycles. The third-order valence-electron chi connectivity index (χ3n) is 4.27. The first-order valence-electron chi connectivity index (χ1n) is 8.97. The third kappa shape index (κ3) is 4.17. The van der Waals surface area contributed by atoms with Crippen molar-refractivity contribution >= 4 is 23.1 Å². The van der Waals surface area contributed by atoms with Gasteiger partial charge in [-0.1, -0.05) is 38.1 Å². The van der Waals surface area contributed by atoms with E-state index in [-0.39, 0.29) is 0 Å². The van der Waals surface area contributed by atoms with Crippen LogP contribution >= 0.6 is 0 Å². The summed E-state index contributed by atoms with van der Waals surface area (Å²) in [6, 6.07) is 16.7. The van der Waals surface area contributed by atoms with Gasteiger partial charge in [0, 0.05) is 17.9 Å². The van der Waals surface area contributed by atoms with Gasteiger partial charge >= 0.3 is 0 Å². The molecule has 1 heterocycles. The number of nitrogens with one attached hydrogen (secondary N) is 1. The number of anilines is 4. The Morgan fingerprint density at radius 3 is 2.50 bits per heavy atom. The third-order valence-corrected chi connectivity index (χ3v) is 4.27. The quantitative estimate of drug-likeness (QED) is 0.664. The lowest BCUT2D eigenvalue weighted by Gasteiger charge is -2.21. The molecule has 1 N–H and O–H groups in total.